The molecule has 0 unspecified atom stereocenters. The number of hydrogen-bond donors (Lipinski definition) is 3. The average Bonchev–Trinajstić information content (AvgIpc) is 2.88. The van der Waals surface area contributed by atoms with Crippen molar-refractivity contribution in [2.45, 2.75) is 44.2 Å². The van der Waals surface area contributed by atoms with E-state index in [9.17, 15) is 15.0 Å². The third-order valence-electron chi connectivity index (χ3n) is 4.78. The summed E-state index contributed by atoms with van der Waals surface area (Å²) in [6.07, 6.45) is -0.757. The first-order valence-electron chi connectivity index (χ1n) is 8.10. The average molecular weight is 320 g/mol. The molecule has 1 aromatic carbocycles. The highest BCUT2D eigenvalue weighted by molar-refractivity contribution is 5.72. The number of nitrogens with one attached hydrogen (secondary N) is 1. The molecule has 0 spiro atoms. The number of nitrogens with zero attached hydrogens (tertiary/aromatic N) is 1. The number of amides is 1. The largest absolute Gasteiger partial charge is 0.394 e. The summed E-state index contributed by atoms with van der Waals surface area (Å²) >= 11 is 0. The normalized spacial score (nSPS) is 30.9. The van der Waals surface area contributed by atoms with Gasteiger partial charge in [-0.1, -0.05) is 24.3 Å². The highest BCUT2D eigenvalue weighted by atomic mass is 16.5. The zero-order valence-corrected chi connectivity index (χ0v) is 13.3. The van der Waals surface area contributed by atoms with Crippen molar-refractivity contribution >= 4 is 5.91 Å². The quantitative estimate of drug-likeness (QED) is 0.708. The fourth-order valence-electron chi connectivity index (χ4n) is 3.61. The topological polar surface area (TPSA) is 82.0 Å². The van der Waals surface area contributed by atoms with Crippen LogP contribution in [-0.2, 0) is 22.5 Å². The van der Waals surface area contributed by atoms with Gasteiger partial charge in [0, 0.05) is 26.6 Å². The summed E-state index contributed by atoms with van der Waals surface area (Å²) in [6.45, 7) is 3.15. The number of hydrogen-bond acceptors (Lipinski definition) is 5. The van der Waals surface area contributed by atoms with Gasteiger partial charge in [-0.05, 0) is 17.5 Å². The van der Waals surface area contributed by atoms with E-state index < -0.39 is 12.2 Å². The Balaban J connectivity index is 1.76. The van der Waals surface area contributed by atoms with Crippen LogP contribution in [0.25, 0.3) is 0 Å². The summed E-state index contributed by atoms with van der Waals surface area (Å²) in [5.41, 5.74) is 2.60. The molecule has 3 N–H and O–H groups in total. The molecule has 4 atom stereocenters. The molecule has 1 aromatic rings. The Hall–Kier alpha value is -1.47. The monoisotopic (exact) mass is 320 g/mol. The first kappa shape index (κ1) is 16.4. The van der Waals surface area contributed by atoms with Gasteiger partial charge in [0.25, 0.3) is 0 Å². The number of benzene rings is 1. The molecule has 0 aliphatic carbocycles. The lowest BCUT2D eigenvalue weighted by atomic mass is 9.95. The predicted molar refractivity (Wildman–Crippen MR) is 84.8 cm³/mol. The third-order valence-corrected chi connectivity index (χ3v) is 4.78. The summed E-state index contributed by atoms with van der Waals surface area (Å²) in [7, 11) is 0. The molecule has 0 aromatic heterocycles. The van der Waals surface area contributed by atoms with Gasteiger partial charge in [0.05, 0.1) is 18.8 Å². The second kappa shape index (κ2) is 6.97. The van der Waals surface area contributed by atoms with Crippen LogP contribution in [0.3, 0.4) is 0 Å². The molecule has 1 fully saturated rings. The van der Waals surface area contributed by atoms with E-state index in [1.807, 2.05) is 12.1 Å². The van der Waals surface area contributed by atoms with Crippen LogP contribution >= 0.6 is 0 Å². The van der Waals surface area contributed by atoms with E-state index in [0.29, 0.717) is 6.54 Å². The molecule has 3 rings (SSSR count). The third kappa shape index (κ3) is 3.40. The number of carbonyl (C=O) groups excluding carboxylic acids is 1. The van der Waals surface area contributed by atoms with Crippen molar-refractivity contribution < 1.29 is 19.7 Å². The fourth-order valence-corrected chi connectivity index (χ4v) is 3.61. The lowest BCUT2D eigenvalue weighted by molar-refractivity contribution is -0.119. The van der Waals surface area contributed by atoms with Crippen molar-refractivity contribution in [2.24, 2.45) is 0 Å². The van der Waals surface area contributed by atoms with Gasteiger partial charge in [-0.3, -0.25) is 9.69 Å². The van der Waals surface area contributed by atoms with Crippen LogP contribution in [0.4, 0.5) is 0 Å². The fraction of sp³-hybridized carbons (Fsp3) is 0.588. The Bertz CT molecular complexity index is 565. The summed E-state index contributed by atoms with van der Waals surface area (Å²) in [6, 6.07) is 8.08. The van der Waals surface area contributed by atoms with Gasteiger partial charge in [0.2, 0.25) is 5.91 Å². The minimum atomic E-state index is -0.760. The molecule has 6 nitrogen and oxygen atoms in total. The van der Waals surface area contributed by atoms with E-state index in [-0.39, 0.29) is 24.7 Å². The van der Waals surface area contributed by atoms with Crippen LogP contribution in [0.5, 0.6) is 0 Å². The van der Waals surface area contributed by atoms with Crippen LogP contribution < -0.4 is 5.32 Å². The van der Waals surface area contributed by atoms with Gasteiger partial charge in [-0.15, -0.1) is 0 Å². The van der Waals surface area contributed by atoms with Gasteiger partial charge >= 0.3 is 0 Å². The molecule has 1 amide bonds. The molecule has 0 bridgehead atoms. The molecule has 23 heavy (non-hydrogen) atoms. The highest BCUT2D eigenvalue weighted by Crippen LogP contribution is 2.29. The Labute approximate surface area is 136 Å². The van der Waals surface area contributed by atoms with Crippen LogP contribution in [0.2, 0.25) is 0 Å². The minimum absolute atomic E-state index is 0.127. The van der Waals surface area contributed by atoms with E-state index in [1.165, 1.54) is 18.1 Å². The van der Waals surface area contributed by atoms with E-state index in [2.05, 4.69) is 22.3 Å². The Kier molecular flexibility index (Phi) is 4.96. The molecule has 2 aliphatic rings. The smallest absolute Gasteiger partial charge is 0.216 e. The van der Waals surface area contributed by atoms with Crippen molar-refractivity contribution in [2.75, 3.05) is 19.7 Å². The summed E-state index contributed by atoms with van der Waals surface area (Å²) < 4.78 is 5.77. The van der Waals surface area contributed by atoms with E-state index >= 15 is 0 Å². The number of aliphatic hydroxyl groups is 2. The van der Waals surface area contributed by atoms with Gasteiger partial charge in [-0.2, -0.15) is 0 Å². The second-order valence-corrected chi connectivity index (χ2v) is 6.30. The number of carbonyl (C=O) groups is 1. The van der Waals surface area contributed by atoms with Gasteiger partial charge in [-0.25, -0.2) is 0 Å². The first-order valence-corrected chi connectivity index (χ1v) is 8.10. The number of ether oxygens (including phenoxy) is 1. The Morgan fingerprint density at radius 3 is 2.78 bits per heavy atom. The van der Waals surface area contributed by atoms with E-state index in [1.54, 1.807) is 0 Å². The summed E-state index contributed by atoms with van der Waals surface area (Å²) in [4.78, 5) is 13.4. The molecule has 0 saturated carbocycles. The number of rotatable bonds is 4. The van der Waals surface area contributed by atoms with Crippen molar-refractivity contribution in [3.8, 4) is 0 Å². The molecular weight excluding hydrogens is 296 g/mol. The molecule has 0 radical (unpaired) electrons. The van der Waals surface area contributed by atoms with E-state index in [0.717, 1.165) is 19.5 Å². The van der Waals surface area contributed by atoms with E-state index in [4.69, 9.17) is 4.74 Å². The first-order chi connectivity index (χ1) is 11.1. The Morgan fingerprint density at radius 1 is 1.35 bits per heavy atom. The molecular formula is C17H24N2O4. The van der Waals surface area contributed by atoms with Crippen molar-refractivity contribution in [3.63, 3.8) is 0 Å². The van der Waals surface area contributed by atoms with Crippen LogP contribution in [0.1, 0.15) is 18.1 Å². The van der Waals surface area contributed by atoms with Crippen molar-refractivity contribution in [3.05, 3.63) is 35.4 Å². The van der Waals surface area contributed by atoms with Gasteiger partial charge in [0.15, 0.2) is 0 Å². The van der Waals surface area contributed by atoms with Crippen LogP contribution in [0, 0.1) is 0 Å². The maximum atomic E-state index is 11.2. The van der Waals surface area contributed by atoms with Crippen molar-refractivity contribution in [1.29, 1.82) is 0 Å². The Morgan fingerprint density at radius 2 is 2.09 bits per heavy atom. The van der Waals surface area contributed by atoms with Gasteiger partial charge in [0.1, 0.15) is 12.2 Å². The maximum absolute atomic E-state index is 11.2. The SMILES string of the molecule is CC(=O)NC[C@@H]1O[C@@H](CO)[C@@H](O)[C@H]1N1CCc2ccccc2C1. The molecule has 1 saturated heterocycles. The molecule has 2 heterocycles. The zero-order chi connectivity index (χ0) is 16.4. The molecule has 2 aliphatic heterocycles. The minimum Gasteiger partial charge on any atom is -0.394 e. The van der Waals surface area contributed by atoms with Crippen LogP contribution in [0.15, 0.2) is 24.3 Å². The number of aliphatic hydroxyl groups excluding tert-OH is 2. The predicted octanol–water partition coefficient (Wildman–Crippen LogP) is -0.330. The van der Waals surface area contributed by atoms with Gasteiger partial charge < -0.3 is 20.3 Å². The van der Waals surface area contributed by atoms with Crippen LogP contribution in [-0.4, -0.2) is 65.1 Å². The molecule has 6 heteroatoms. The second-order valence-electron chi connectivity index (χ2n) is 6.30. The zero-order valence-electron chi connectivity index (χ0n) is 13.3. The lowest BCUT2D eigenvalue weighted by Crippen LogP contribution is -2.52. The lowest BCUT2D eigenvalue weighted by Gasteiger charge is -2.37. The van der Waals surface area contributed by atoms with Crippen molar-refractivity contribution in [1.82, 2.24) is 10.2 Å². The molecule has 126 valence electrons. The summed E-state index contributed by atoms with van der Waals surface area (Å²) in [5.74, 6) is -0.127. The number of fused-ring (bicyclic) bond motifs is 1. The maximum Gasteiger partial charge on any atom is 0.216 e. The standard InChI is InChI=1S/C17H24N2O4/c1-11(21)18-8-14-16(17(22)15(10-20)23-14)19-7-6-12-4-2-3-5-13(12)9-19/h2-5,14-17,20,22H,6-10H2,1H3,(H,18,21)/t14-,15-,16-,17+/m0/s1. The summed E-state index contributed by atoms with van der Waals surface area (Å²) in [5, 5.41) is 22.7. The highest BCUT2D eigenvalue weighted by Gasteiger charge is 2.46.